The van der Waals surface area contributed by atoms with Crippen molar-refractivity contribution < 1.29 is 4.42 Å². The van der Waals surface area contributed by atoms with Gasteiger partial charge in [-0.3, -0.25) is 0 Å². The summed E-state index contributed by atoms with van der Waals surface area (Å²) in [5, 5.41) is 15.6. The Balaban J connectivity index is 0.996. The lowest BCUT2D eigenvalue weighted by molar-refractivity contribution is 0.669. The summed E-state index contributed by atoms with van der Waals surface area (Å²) in [5.41, 5.74) is 12.5. The van der Waals surface area contributed by atoms with Gasteiger partial charge in [-0.25, -0.2) is 0 Å². The van der Waals surface area contributed by atoms with Gasteiger partial charge in [-0.15, -0.1) is 11.3 Å². The SMILES string of the molecule is c1ccc(-c2ccc(N(c3cccc(-c4cccc5c4[Si](c4ccccc4)(c4ccccc4)c4ccc6ccc7sc8ccccc8c7c6c4-5)c3)c3ccc4oc5ccc6ccccc6c5c4c3)cc2)cc1. The lowest BCUT2D eigenvalue weighted by atomic mass is 9.92. The first-order valence-corrected chi connectivity index (χ1v) is 27.5. The van der Waals surface area contributed by atoms with Crippen LogP contribution in [0.4, 0.5) is 17.1 Å². The number of hydrogen-bond donors (Lipinski definition) is 0. The van der Waals surface area contributed by atoms with E-state index in [4.69, 9.17) is 4.42 Å². The molecule has 1 aliphatic heterocycles. The second-order valence-electron chi connectivity index (χ2n) is 19.1. The van der Waals surface area contributed by atoms with Crippen molar-refractivity contribution in [3.8, 4) is 33.4 Å². The van der Waals surface area contributed by atoms with Gasteiger partial charge in [-0.05, 0) is 136 Å². The molecule has 0 saturated heterocycles. The van der Waals surface area contributed by atoms with Gasteiger partial charge in [0.15, 0.2) is 8.07 Å². The number of hydrogen-bond acceptors (Lipinski definition) is 3. The molecule has 1 aliphatic rings. The third-order valence-corrected chi connectivity index (χ3v) is 21.3. The molecule has 0 bridgehead atoms. The fraction of sp³-hybridized carbons (Fsp3) is 0. The maximum atomic E-state index is 6.56. The molecule has 2 nitrogen and oxygen atoms in total. The minimum Gasteiger partial charge on any atom is -0.456 e. The van der Waals surface area contributed by atoms with Crippen LogP contribution in [0.5, 0.6) is 0 Å². The van der Waals surface area contributed by atoms with Gasteiger partial charge in [-0.1, -0.05) is 200 Å². The lowest BCUT2D eigenvalue weighted by Crippen LogP contribution is -2.73. The molecule has 0 saturated carbocycles. The molecule has 12 aromatic carbocycles. The van der Waals surface area contributed by atoms with Crippen LogP contribution in [0, 0.1) is 0 Å². The Morgan fingerprint density at radius 1 is 0.347 bits per heavy atom. The van der Waals surface area contributed by atoms with Gasteiger partial charge in [0.05, 0.1) is 0 Å². The van der Waals surface area contributed by atoms with E-state index in [-0.39, 0.29) is 0 Å². The van der Waals surface area contributed by atoms with Crippen LogP contribution in [0.2, 0.25) is 0 Å². The molecule has 0 spiro atoms. The Bertz CT molecular complexity index is 4400. The Morgan fingerprint density at radius 2 is 0.958 bits per heavy atom. The van der Waals surface area contributed by atoms with E-state index in [0.717, 1.165) is 39.0 Å². The Hall–Kier alpha value is -8.80. The molecule has 0 amide bonds. The summed E-state index contributed by atoms with van der Waals surface area (Å²) in [6, 6.07) is 97.1. The molecule has 15 rings (SSSR count). The topological polar surface area (TPSA) is 16.4 Å². The van der Waals surface area contributed by atoms with Gasteiger partial charge in [0.2, 0.25) is 0 Å². The van der Waals surface area contributed by atoms with Crippen molar-refractivity contribution in [2.75, 3.05) is 4.90 Å². The maximum absolute atomic E-state index is 6.56. The van der Waals surface area contributed by atoms with Crippen LogP contribution in [0.25, 0.3) is 97.0 Å². The van der Waals surface area contributed by atoms with Crippen LogP contribution in [0.1, 0.15) is 0 Å². The van der Waals surface area contributed by atoms with Gasteiger partial charge in [0, 0.05) is 48.0 Å². The number of rotatable bonds is 7. The quantitative estimate of drug-likeness (QED) is 0.148. The average molecular weight is 950 g/mol. The van der Waals surface area contributed by atoms with Crippen molar-refractivity contribution in [1.82, 2.24) is 0 Å². The van der Waals surface area contributed by atoms with Crippen molar-refractivity contribution in [2.45, 2.75) is 0 Å². The van der Waals surface area contributed by atoms with E-state index in [0.29, 0.717) is 0 Å². The monoisotopic (exact) mass is 949 g/mol. The van der Waals surface area contributed by atoms with E-state index in [1.54, 1.807) is 0 Å². The van der Waals surface area contributed by atoms with Crippen LogP contribution in [0.3, 0.4) is 0 Å². The molecule has 0 fully saturated rings. The Kier molecular flexibility index (Phi) is 9.19. The van der Waals surface area contributed by atoms with Gasteiger partial charge in [0.25, 0.3) is 0 Å². The molecule has 2 aromatic heterocycles. The molecule has 0 atom stereocenters. The highest BCUT2D eigenvalue weighted by Gasteiger charge is 2.50. The fourth-order valence-electron chi connectivity index (χ4n) is 12.3. The fourth-order valence-corrected chi connectivity index (χ4v) is 18.8. The lowest BCUT2D eigenvalue weighted by Gasteiger charge is -2.33. The van der Waals surface area contributed by atoms with Gasteiger partial charge in [-0.2, -0.15) is 0 Å². The summed E-state index contributed by atoms with van der Waals surface area (Å²) in [7, 11) is -3.01. The first-order chi connectivity index (χ1) is 35.7. The average Bonchev–Trinajstić information content (AvgIpc) is 4.13. The first-order valence-electron chi connectivity index (χ1n) is 24.7. The van der Waals surface area contributed by atoms with Crippen LogP contribution < -0.4 is 25.6 Å². The predicted octanol–water partition coefficient (Wildman–Crippen LogP) is 16.4. The summed E-state index contributed by atoms with van der Waals surface area (Å²) < 4.78 is 9.21. The zero-order valence-corrected chi connectivity index (χ0v) is 40.9. The smallest absolute Gasteiger partial charge is 0.181 e. The molecule has 0 N–H and O–H groups in total. The number of thiophene rings is 1. The summed E-state index contributed by atoms with van der Waals surface area (Å²) in [5.74, 6) is 0. The van der Waals surface area contributed by atoms with E-state index < -0.39 is 8.07 Å². The van der Waals surface area contributed by atoms with E-state index >= 15 is 0 Å². The molecule has 3 heterocycles. The van der Waals surface area contributed by atoms with Crippen molar-refractivity contribution in [1.29, 1.82) is 0 Å². The van der Waals surface area contributed by atoms with Crippen LogP contribution in [0.15, 0.2) is 265 Å². The van der Waals surface area contributed by atoms with Crippen LogP contribution in [-0.4, -0.2) is 8.07 Å². The second kappa shape index (κ2) is 16.1. The minimum absolute atomic E-state index is 0.876. The van der Waals surface area contributed by atoms with E-state index in [1.165, 1.54) is 95.8 Å². The van der Waals surface area contributed by atoms with Gasteiger partial charge in [0.1, 0.15) is 11.2 Å². The van der Waals surface area contributed by atoms with E-state index in [2.05, 4.69) is 266 Å². The van der Waals surface area contributed by atoms with Crippen LogP contribution >= 0.6 is 11.3 Å². The molecule has 336 valence electrons. The zero-order chi connectivity index (χ0) is 47.3. The number of furan rings is 1. The molecule has 0 unspecified atom stereocenters. The number of anilines is 3. The Labute approximate surface area is 421 Å². The molecule has 14 aromatic rings. The molecular formula is C68H43NOSSi. The number of fused-ring (bicyclic) bond motifs is 14. The normalized spacial score (nSPS) is 12.8. The second-order valence-corrected chi connectivity index (χ2v) is 23.9. The van der Waals surface area contributed by atoms with Crippen molar-refractivity contribution in [3.05, 3.63) is 261 Å². The third-order valence-electron chi connectivity index (χ3n) is 15.3. The summed E-state index contributed by atoms with van der Waals surface area (Å²) >= 11 is 1.90. The van der Waals surface area contributed by atoms with Crippen molar-refractivity contribution >= 4 is 121 Å². The molecular weight excluding hydrogens is 907 g/mol. The maximum Gasteiger partial charge on any atom is 0.181 e. The highest BCUT2D eigenvalue weighted by atomic mass is 32.1. The van der Waals surface area contributed by atoms with E-state index in [9.17, 15) is 0 Å². The molecule has 4 heteroatoms. The van der Waals surface area contributed by atoms with Gasteiger partial charge < -0.3 is 9.32 Å². The summed E-state index contributed by atoms with van der Waals surface area (Å²) in [6.45, 7) is 0. The van der Waals surface area contributed by atoms with Crippen molar-refractivity contribution in [3.63, 3.8) is 0 Å². The summed E-state index contributed by atoms with van der Waals surface area (Å²) in [6.07, 6.45) is 0. The number of nitrogens with zero attached hydrogens (tertiary/aromatic N) is 1. The minimum atomic E-state index is -3.01. The predicted molar refractivity (Wildman–Crippen MR) is 310 cm³/mol. The highest BCUT2D eigenvalue weighted by molar-refractivity contribution is 7.26. The third kappa shape index (κ3) is 6.07. The zero-order valence-electron chi connectivity index (χ0n) is 39.1. The highest BCUT2D eigenvalue weighted by Crippen LogP contribution is 2.46. The molecule has 0 radical (unpaired) electrons. The molecule has 72 heavy (non-hydrogen) atoms. The van der Waals surface area contributed by atoms with Crippen molar-refractivity contribution in [2.24, 2.45) is 0 Å². The van der Waals surface area contributed by atoms with Gasteiger partial charge >= 0.3 is 0 Å². The number of benzene rings is 12. The van der Waals surface area contributed by atoms with Crippen LogP contribution in [-0.2, 0) is 0 Å². The Morgan fingerprint density at radius 3 is 1.76 bits per heavy atom. The largest absolute Gasteiger partial charge is 0.456 e. The van der Waals surface area contributed by atoms with E-state index in [1.807, 2.05) is 11.3 Å². The standard InChI is InChI=1S/C68H43NOSSi/c1-4-16-44(17-5-1)45-30-35-49(36-31-45)69(51-37-39-59-58(43-51)65-54-25-11-10-18-46(54)32-38-60(65)70-59)50-20-14-19-48(42-50)55-27-15-28-57-67-63(72(68(55)57,52-21-6-2-7-22-52)53-23-8-3-9-24-53)41-34-47-33-40-62-66(64(47)67)56-26-12-13-29-61(56)71-62/h1-43H. The first kappa shape index (κ1) is 41.0. The molecule has 0 aliphatic carbocycles. The summed E-state index contributed by atoms with van der Waals surface area (Å²) in [4.78, 5) is 2.42.